The highest BCUT2D eigenvalue weighted by Crippen LogP contribution is 2.21. The van der Waals surface area contributed by atoms with Gasteiger partial charge in [-0.15, -0.1) is 0 Å². The van der Waals surface area contributed by atoms with Crippen LogP contribution in [0.4, 0.5) is 11.6 Å². The van der Waals surface area contributed by atoms with E-state index in [-0.39, 0.29) is 12.0 Å². The van der Waals surface area contributed by atoms with Crippen molar-refractivity contribution < 1.29 is 5.11 Å². The van der Waals surface area contributed by atoms with E-state index in [0.29, 0.717) is 6.54 Å². The zero-order chi connectivity index (χ0) is 13.1. The van der Waals surface area contributed by atoms with E-state index < -0.39 is 0 Å². The van der Waals surface area contributed by atoms with E-state index in [4.69, 9.17) is 0 Å². The predicted octanol–water partition coefficient (Wildman–Crippen LogP) is 1.57. The van der Waals surface area contributed by atoms with E-state index in [1.807, 2.05) is 34.7 Å². The van der Waals surface area contributed by atoms with Crippen LogP contribution in [0, 0.1) is 19.3 Å². The Morgan fingerprint density at radius 3 is 2.29 bits per heavy atom. The number of aryl methyl sites for hydroxylation is 1. The molecule has 96 valence electrons. The summed E-state index contributed by atoms with van der Waals surface area (Å²) in [6.07, 6.45) is 0. The number of rotatable bonds is 5. The second-order valence-electron chi connectivity index (χ2n) is 5.02. The van der Waals surface area contributed by atoms with Gasteiger partial charge in [-0.3, -0.25) is 0 Å². The van der Waals surface area contributed by atoms with Gasteiger partial charge in [0.25, 0.3) is 0 Å². The summed E-state index contributed by atoms with van der Waals surface area (Å²) >= 11 is 0. The normalized spacial score (nSPS) is 11.4. The maximum absolute atomic E-state index is 9.21. The summed E-state index contributed by atoms with van der Waals surface area (Å²) in [7, 11) is 1.84. The van der Waals surface area contributed by atoms with Crippen molar-refractivity contribution in [3.8, 4) is 0 Å². The number of aromatic nitrogens is 2. The smallest absolute Gasteiger partial charge is 0.134 e. The standard InChI is InChI=1S/C12H22N4O/c1-8-10(13-5)15-9(2)16-11(8)14-6-12(3,4)7-17/h17H,6-7H2,1-5H3,(H2,13,14,15,16). The van der Waals surface area contributed by atoms with Gasteiger partial charge < -0.3 is 15.7 Å². The van der Waals surface area contributed by atoms with E-state index >= 15 is 0 Å². The average Bonchev–Trinajstić information content (AvgIpc) is 2.30. The first-order chi connectivity index (χ1) is 7.89. The Bertz CT molecular complexity index is 390. The molecular weight excluding hydrogens is 216 g/mol. The minimum atomic E-state index is -0.162. The summed E-state index contributed by atoms with van der Waals surface area (Å²) in [4.78, 5) is 8.68. The van der Waals surface area contributed by atoms with E-state index in [1.54, 1.807) is 0 Å². The van der Waals surface area contributed by atoms with Gasteiger partial charge >= 0.3 is 0 Å². The molecule has 0 amide bonds. The van der Waals surface area contributed by atoms with Gasteiger partial charge in [0.15, 0.2) is 0 Å². The molecular formula is C12H22N4O. The quantitative estimate of drug-likeness (QED) is 0.726. The Morgan fingerprint density at radius 1 is 1.18 bits per heavy atom. The van der Waals surface area contributed by atoms with Crippen LogP contribution in [0.1, 0.15) is 25.2 Å². The highest BCUT2D eigenvalue weighted by Gasteiger charge is 2.17. The molecule has 5 heteroatoms. The highest BCUT2D eigenvalue weighted by molar-refractivity contribution is 5.56. The Balaban J connectivity index is 2.88. The fraction of sp³-hybridized carbons (Fsp3) is 0.667. The minimum absolute atomic E-state index is 0.141. The van der Waals surface area contributed by atoms with Crippen LogP contribution in [0.5, 0.6) is 0 Å². The maximum atomic E-state index is 9.21. The third kappa shape index (κ3) is 3.56. The maximum Gasteiger partial charge on any atom is 0.134 e. The van der Waals surface area contributed by atoms with Crippen LogP contribution >= 0.6 is 0 Å². The van der Waals surface area contributed by atoms with Gasteiger partial charge in [-0.2, -0.15) is 0 Å². The summed E-state index contributed by atoms with van der Waals surface area (Å²) in [5.74, 6) is 2.38. The van der Waals surface area contributed by atoms with E-state index in [9.17, 15) is 5.11 Å². The predicted molar refractivity (Wildman–Crippen MR) is 70.4 cm³/mol. The first-order valence-corrected chi connectivity index (χ1v) is 5.77. The molecule has 0 aromatic carbocycles. The number of nitrogens with zero attached hydrogens (tertiary/aromatic N) is 2. The molecule has 3 N–H and O–H groups in total. The molecule has 0 aliphatic carbocycles. The van der Waals surface area contributed by atoms with Gasteiger partial charge in [-0.05, 0) is 13.8 Å². The number of aliphatic hydroxyl groups is 1. The average molecular weight is 238 g/mol. The molecule has 0 aliphatic heterocycles. The SMILES string of the molecule is CNc1nc(C)nc(NCC(C)(C)CO)c1C. The van der Waals surface area contributed by atoms with Gasteiger partial charge in [-0.1, -0.05) is 13.8 Å². The molecule has 1 aromatic heterocycles. The summed E-state index contributed by atoms with van der Waals surface area (Å²) in [5.41, 5.74) is 0.831. The lowest BCUT2D eigenvalue weighted by atomic mass is 9.95. The van der Waals surface area contributed by atoms with Gasteiger partial charge in [0.05, 0.1) is 0 Å². The molecule has 1 aromatic rings. The number of aliphatic hydroxyl groups excluding tert-OH is 1. The summed E-state index contributed by atoms with van der Waals surface area (Å²) in [5, 5.41) is 15.5. The van der Waals surface area contributed by atoms with Crippen molar-refractivity contribution in [1.29, 1.82) is 0 Å². The molecule has 0 fully saturated rings. The first-order valence-electron chi connectivity index (χ1n) is 5.77. The largest absolute Gasteiger partial charge is 0.396 e. The van der Waals surface area contributed by atoms with Gasteiger partial charge in [0.2, 0.25) is 0 Å². The second kappa shape index (κ2) is 5.31. The lowest BCUT2D eigenvalue weighted by molar-refractivity contribution is 0.170. The third-order valence-corrected chi connectivity index (χ3v) is 2.66. The van der Waals surface area contributed by atoms with Crippen LogP contribution in [0.25, 0.3) is 0 Å². The third-order valence-electron chi connectivity index (χ3n) is 2.66. The molecule has 0 atom stereocenters. The van der Waals surface area contributed by atoms with Crippen molar-refractivity contribution >= 4 is 11.6 Å². The summed E-state index contributed by atoms with van der Waals surface area (Å²) in [6, 6.07) is 0. The zero-order valence-corrected chi connectivity index (χ0v) is 11.3. The number of hydrogen-bond donors (Lipinski definition) is 3. The Labute approximate surface area is 103 Å². The topological polar surface area (TPSA) is 70.1 Å². The van der Waals surface area contributed by atoms with Gasteiger partial charge in [0, 0.05) is 31.2 Å². The molecule has 0 unspecified atom stereocenters. The Hall–Kier alpha value is -1.36. The summed E-state index contributed by atoms with van der Waals surface area (Å²) in [6.45, 7) is 8.65. The lowest BCUT2D eigenvalue weighted by Gasteiger charge is -2.23. The minimum Gasteiger partial charge on any atom is -0.396 e. The van der Waals surface area contributed by atoms with Crippen molar-refractivity contribution in [3.63, 3.8) is 0 Å². The molecule has 5 nitrogen and oxygen atoms in total. The van der Waals surface area contributed by atoms with Crippen molar-refractivity contribution in [2.45, 2.75) is 27.7 Å². The number of nitrogens with one attached hydrogen (secondary N) is 2. The highest BCUT2D eigenvalue weighted by atomic mass is 16.3. The molecule has 0 bridgehead atoms. The molecule has 1 rings (SSSR count). The molecule has 1 heterocycles. The van der Waals surface area contributed by atoms with Gasteiger partial charge in [0.1, 0.15) is 17.5 Å². The van der Waals surface area contributed by atoms with Crippen molar-refractivity contribution in [3.05, 3.63) is 11.4 Å². The van der Waals surface area contributed by atoms with Crippen LogP contribution in [-0.2, 0) is 0 Å². The second-order valence-corrected chi connectivity index (χ2v) is 5.02. The fourth-order valence-corrected chi connectivity index (χ4v) is 1.42. The van der Waals surface area contributed by atoms with E-state index in [0.717, 1.165) is 23.0 Å². The van der Waals surface area contributed by atoms with Crippen LogP contribution in [0.3, 0.4) is 0 Å². The van der Waals surface area contributed by atoms with Crippen LogP contribution in [0.15, 0.2) is 0 Å². The van der Waals surface area contributed by atoms with Crippen LogP contribution < -0.4 is 10.6 Å². The molecule has 17 heavy (non-hydrogen) atoms. The zero-order valence-electron chi connectivity index (χ0n) is 11.3. The molecule has 0 saturated heterocycles. The van der Waals surface area contributed by atoms with Crippen LogP contribution in [-0.4, -0.2) is 35.3 Å². The molecule has 0 radical (unpaired) electrons. The first kappa shape index (κ1) is 13.7. The van der Waals surface area contributed by atoms with E-state index in [2.05, 4.69) is 20.6 Å². The van der Waals surface area contributed by atoms with Crippen LogP contribution in [0.2, 0.25) is 0 Å². The fourth-order valence-electron chi connectivity index (χ4n) is 1.42. The number of anilines is 2. The van der Waals surface area contributed by atoms with Crippen molar-refractivity contribution in [2.75, 3.05) is 30.8 Å². The Kier molecular flexibility index (Phi) is 4.28. The van der Waals surface area contributed by atoms with Crippen molar-refractivity contribution in [1.82, 2.24) is 9.97 Å². The van der Waals surface area contributed by atoms with Gasteiger partial charge in [-0.25, -0.2) is 9.97 Å². The monoisotopic (exact) mass is 238 g/mol. The molecule has 0 saturated carbocycles. The summed E-state index contributed by atoms with van der Waals surface area (Å²) < 4.78 is 0. The Morgan fingerprint density at radius 2 is 1.76 bits per heavy atom. The lowest BCUT2D eigenvalue weighted by Crippen LogP contribution is -2.27. The molecule has 0 spiro atoms. The molecule has 0 aliphatic rings. The van der Waals surface area contributed by atoms with E-state index in [1.165, 1.54) is 0 Å². The van der Waals surface area contributed by atoms with Crippen molar-refractivity contribution in [2.24, 2.45) is 5.41 Å². The number of hydrogen-bond acceptors (Lipinski definition) is 5.